The quantitative estimate of drug-likeness (QED) is 0.907. The van der Waals surface area contributed by atoms with Gasteiger partial charge in [0.2, 0.25) is 0 Å². The van der Waals surface area contributed by atoms with Crippen molar-refractivity contribution in [1.29, 1.82) is 0 Å². The number of hydrogen-bond donors (Lipinski definition) is 1. The minimum absolute atomic E-state index is 0. The van der Waals surface area contributed by atoms with Crippen LogP contribution in [0.4, 0.5) is 0 Å². The molecule has 0 spiro atoms. The van der Waals surface area contributed by atoms with Crippen molar-refractivity contribution in [2.24, 2.45) is 5.73 Å². The summed E-state index contributed by atoms with van der Waals surface area (Å²) in [6.07, 6.45) is 6.48. The lowest BCUT2D eigenvalue weighted by Crippen LogP contribution is -2.54. The maximum atomic E-state index is 6.15. The second kappa shape index (κ2) is 7.49. The van der Waals surface area contributed by atoms with E-state index in [0.29, 0.717) is 6.04 Å². The highest BCUT2D eigenvalue weighted by molar-refractivity contribution is 5.85. The lowest BCUT2D eigenvalue weighted by molar-refractivity contribution is 0.0245. The van der Waals surface area contributed by atoms with Crippen LogP contribution in [-0.4, -0.2) is 23.0 Å². The third kappa shape index (κ3) is 3.85. The van der Waals surface area contributed by atoms with Gasteiger partial charge in [0.1, 0.15) is 0 Å². The van der Waals surface area contributed by atoms with Gasteiger partial charge >= 0.3 is 0 Å². The Kier molecular flexibility index (Phi) is 6.61. The van der Waals surface area contributed by atoms with E-state index in [-0.39, 0.29) is 24.8 Å². The summed E-state index contributed by atoms with van der Waals surface area (Å²) in [6, 6.07) is 12.8. The fourth-order valence-electron chi connectivity index (χ4n) is 3.57. The van der Waals surface area contributed by atoms with E-state index in [1.54, 1.807) is 0 Å². The Morgan fingerprint density at radius 1 is 1.00 bits per heavy atom. The zero-order chi connectivity index (χ0) is 11.7. The van der Waals surface area contributed by atoms with Crippen molar-refractivity contribution in [2.75, 3.05) is 0 Å². The van der Waals surface area contributed by atoms with Crippen LogP contribution < -0.4 is 5.73 Å². The third-order valence-electron chi connectivity index (χ3n) is 4.37. The summed E-state index contributed by atoms with van der Waals surface area (Å²) >= 11 is 0. The van der Waals surface area contributed by atoms with E-state index in [4.69, 9.17) is 5.73 Å². The fourth-order valence-corrected chi connectivity index (χ4v) is 3.57. The summed E-state index contributed by atoms with van der Waals surface area (Å²) in [7, 11) is 0. The molecule has 1 aromatic rings. The largest absolute Gasteiger partial charge is 0.328 e. The molecule has 0 radical (unpaired) electrons. The van der Waals surface area contributed by atoms with E-state index < -0.39 is 0 Å². The zero-order valence-corrected chi connectivity index (χ0v) is 12.8. The normalized spacial score (nSPS) is 30.1. The van der Waals surface area contributed by atoms with Gasteiger partial charge in [0.05, 0.1) is 0 Å². The van der Waals surface area contributed by atoms with E-state index in [2.05, 4.69) is 35.2 Å². The first kappa shape index (κ1) is 16.8. The number of hydrogen-bond acceptors (Lipinski definition) is 2. The molecule has 19 heavy (non-hydrogen) atoms. The summed E-state index contributed by atoms with van der Waals surface area (Å²) < 4.78 is 0. The van der Waals surface area contributed by atoms with Crippen molar-refractivity contribution >= 4 is 24.8 Å². The minimum atomic E-state index is 0. The van der Waals surface area contributed by atoms with Crippen LogP contribution >= 0.6 is 24.8 Å². The molecule has 0 aromatic heterocycles. The number of piperidine rings is 2. The predicted octanol–water partition coefficient (Wildman–Crippen LogP) is 3.37. The molecule has 108 valence electrons. The van der Waals surface area contributed by atoms with Crippen molar-refractivity contribution in [3.8, 4) is 0 Å². The average Bonchev–Trinajstić information content (AvgIpc) is 2.32. The molecule has 2 saturated heterocycles. The Bertz CT molecular complexity index is 358. The van der Waals surface area contributed by atoms with Crippen LogP contribution in [0.15, 0.2) is 30.3 Å². The Balaban J connectivity index is 0.000000902. The van der Waals surface area contributed by atoms with Gasteiger partial charge in [-0.05, 0) is 31.2 Å². The van der Waals surface area contributed by atoms with Crippen molar-refractivity contribution in [1.82, 2.24) is 4.90 Å². The molecular formula is C15H24Cl2N2. The first-order valence-electron chi connectivity index (χ1n) is 6.88. The second-order valence-electron chi connectivity index (χ2n) is 5.63. The van der Waals surface area contributed by atoms with E-state index in [0.717, 1.165) is 18.6 Å². The minimum Gasteiger partial charge on any atom is -0.328 e. The summed E-state index contributed by atoms with van der Waals surface area (Å²) in [4.78, 5) is 2.71. The molecule has 2 fully saturated rings. The maximum absolute atomic E-state index is 6.15. The highest BCUT2D eigenvalue weighted by atomic mass is 35.5. The van der Waals surface area contributed by atoms with Crippen LogP contribution in [0, 0.1) is 0 Å². The van der Waals surface area contributed by atoms with Gasteiger partial charge in [0.25, 0.3) is 0 Å². The summed E-state index contributed by atoms with van der Waals surface area (Å²) in [5.41, 5.74) is 7.60. The SMILES string of the molecule is Cl.Cl.NC1C[C@H]2CCC[C@@H](C1)N2Cc1ccccc1. The van der Waals surface area contributed by atoms with Gasteiger partial charge in [-0.1, -0.05) is 36.8 Å². The van der Waals surface area contributed by atoms with Crippen LogP contribution in [-0.2, 0) is 6.54 Å². The van der Waals surface area contributed by atoms with Crippen molar-refractivity contribution in [3.63, 3.8) is 0 Å². The third-order valence-corrected chi connectivity index (χ3v) is 4.37. The lowest BCUT2D eigenvalue weighted by Gasteiger charge is -2.48. The Morgan fingerprint density at radius 2 is 1.58 bits per heavy atom. The van der Waals surface area contributed by atoms with Gasteiger partial charge in [-0.2, -0.15) is 0 Å². The molecule has 0 saturated carbocycles. The summed E-state index contributed by atoms with van der Waals surface area (Å²) in [6.45, 7) is 1.11. The molecule has 2 nitrogen and oxygen atoms in total. The van der Waals surface area contributed by atoms with Gasteiger partial charge in [-0.3, -0.25) is 4.90 Å². The van der Waals surface area contributed by atoms with Gasteiger partial charge < -0.3 is 5.73 Å². The fraction of sp³-hybridized carbons (Fsp3) is 0.600. The lowest BCUT2D eigenvalue weighted by atomic mass is 9.82. The molecule has 2 aliphatic heterocycles. The highest BCUT2D eigenvalue weighted by Crippen LogP contribution is 2.34. The first-order chi connectivity index (χ1) is 8.33. The van der Waals surface area contributed by atoms with Crippen LogP contribution in [0.2, 0.25) is 0 Å². The zero-order valence-electron chi connectivity index (χ0n) is 11.2. The molecule has 2 heterocycles. The molecule has 1 unspecified atom stereocenters. The molecule has 0 aliphatic carbocycles. The number of rotatable bonds is 2. The predicted molar refractivity (Wildman–Crippen MR) is 85.1 cm³/mol. The number of benzene rings is 1. The Morgan fingerprint density at radius 3 is 2.16 bits per heavy atom. The van der Waals surface area contributed by atoms with Gasteiger partial charge in [0.15, 0.2) is 0 Å². The number of fused-ring (bicyclic) bond motifs is 2. The number of halogens is 2. The number of nitrogens with two attached hydrogens (primary N) is 1. The van der Waals surface area contributed by atoms with Gasteiger partial charge in [0, 0.05) is 24.7 Å². The molecule has 2 aliphatic rings. The molecular weight excluding hydrogens is 279 g/mol. The van der Waals surface area contributed by atoms with Gasteiger partial charge in [-0.15, -0.1) is 24.8 Å². The van der Waals surface area contributed by atoms with Crippen LogP contribution in [0.3, 0.4) is 0 Å². The maximum Gasteiger partial charge on any atom is 0.0239 e. The number of nitrogens with zero attached hydrogens (tertiary/aromatic N) is 1. The molecule has 3 atom stereocenters. The molecule has 4 heteroatoms. The smallest absolute Gasteiger partial charge is 0.0239 e. The van der Waals surface area contributed by atoms with Crippen molar-refractivity contribution in [2.45, 2.75) is 56.8 Å². The molecule has 0 amide bonds. The molecule has 1 aromatic carbocycles. The Labute approximate surface area is 128 Å². The molecule has 2 bridgehead atoms. The topological polar surface area (TPSA) is 29.3 Å². The highest BCUT2D eigenvalue weighted by Gasteiger charge is 2.36. The van der Waals surface area contributed by atoms with E-state index >= 15 is 0 Å². The monoisotopic (exact) mass is 302 g/mol. The van der Waals surface area contributed by atoms with Crippen LogP contribution in [0.25, 0.3) is 0 Å². The van der Waals surface area contributed by atoms with Crippen LogP contribution in [0.1, 0.15) is 37.7 Å². The van der Waals surface area contributed by atoms with Crippen molar-refractivity contribution in [3.05, 3.63) is 35.9 Å². The standard InChI is InChI=1S/C15H22N2.2ClH/c16-13-9-14-7-4-8-15(10-13)17(14)11-12-5-2-1-3-6-12;;/h1-3,5-6,13-15H,4,7-11,16H2;2*1H/t13?,14-,15+;;. The Hall–Kier alpha value is -0.280. The van der Waals surface area contributed by atoms with Gasteiger partial charge in [-0.25, -0.2) is 0 Å². The first-order valence-corrected chi connectivity index (χ1v) is 6.88. The van der Waals surface area contributed by atoms with E-state index in [9.17, 15) is 0 Å². The molecule has 3 rings (SSSR count). The van der Waals surface area contributed by atoms with E-state index in [1.165, 1.54) is 37.7 Å². The molecule has 2 N–H and O–H groups in total. The van der Waals surface area contributed by atoms with Crippen LogP contribution in [0.5, 0.6) is 0 Å². The van der Waals surface area contributed by atoms with E-state index in [1.807, 2.05) is 0 Å². The average molecular weight is 303 g/mol. The summed E-state index contributed by atoms with van der Waals surface area (Å²) in [5.74, 6) is 0. The van der Waals surface area contributed by atoms with Crippen molar-refractivity contribution < 1.29 is 0 Å². The second-order valence-corrected chi connectivity index (χ2v) is 5.63. The summed E-state index contributed by atoms with van der Waals surface area (Å²) in [5, 5.41) is 0.